The van der Waals surface area contributed by atoms with E-state index in [0.717, 1.165) is 48.6 Å². The molecule has 0 fully saturated rings. The van der Waals surface area contributed by atoms with Crippen molar-refractivity contribution < 1.29 is 9.90 Å². The van der Waals surface area contributed by atoms with Crippen molar-refractivity contribution in [3.63, 3.8) is 0 Å². The van der Waals surface area contributed by atoms with E-state index in [4.69, 9.17) is 10.1 Å². The fourth-order valence-electron chi connectivity index (χ4n) is 3.37. The van der Waals surface area contributed by atoms with Gasteiger partial charge in [0.05, 0.1) is 5.56 Å². The fraction of sp³-hybridized carbons (Fsp3) is 0.391. The smallest absolute Gasteiger partial charge is 0.336 e. The Balaban J connectivity index is 1.80. The van der Waals surface area contributed by atoms with Crippen LogP contribution in [0, 0.1) is 0 Å². The maximum atomic E-state index is 11.5. The third kappa shape index (κ3) is 5.28. The summed E-state index contributed by atoms with van der Waals surface area (Å²) >= 11 is 0. The Morgan fingerprint density at radius 3 is 2.55 bits per heavy atom. The topological polar surface area (TPSA) is 80.9 Å². The van der Waals surface area contributed by atoms with Gasteiger partial charge in [0.1, 0.15) is 5.82 Å². The van der Waals surface area contributed by atoms with Crippen LogP contribution in [0.1, 0.15) is 67.1 Å². The van der Waals surface area contributed by atoms with E-state index in [9.17, 15) is 9.90 Å². The molecule has 2 aromatic heterocycles. The highest BCUT2D eigenvalue weighted by Gasteiger charge is 2.13. The van der Waals surface area contributed by atoms with Gasteiger partial charge in [-0.1, -0.05) is 51.0 Å². The molecule has 0 saturated heterocycles. The minimum Gasteiger partial charge on any atom is -0.478 e. The lowest BCUT2D eigenvalue weighted by Crippen LogP contribution is -2.07. The molecule has 0 saturated carbocycles. The van der Waals surface area contributed by atoms with Gasteiger partial charge in [0.15, 0.2) is 5.82 Å². The van der Waals surface area contributed by atoms with Gasteiger partial charge in [-0.3, -0.25) is 4.98 Å². The summed E-state index contributed by atoms with van der Waals surface area (Å²) in [4.78, 5) is 20.3. The average molecular weight is 393 g/mol. The molecule has 1 N–H and O–H groups in total. The van der Waals surface area contributed by atoms with E-state index in [1.54, 1.807) is 6.20 Å². The lowest BCUT2D eigenvalue weighted by Gasteiger charge is -2.08. The summed E-state index contributed by atoms with van der Waals surface area (Å²) in [5.41, 5.74) is 2.85. The van der Waals surface area contributed by atoms with Crippen LogP contribution in [0.4, 0.5) is 0 Å². The summed E-state index contributed by atoms with van der Waals surface area (Å²) in [6.45, 7) is 5.24. The Hall–Kier alpha value is -3.02. The van der Waals surface area contributed by atoms with Crippen LogP contribution in [0.2, 0.25) is 0 Å². The number of hydrogen-bond donors (Lipinski definition) is 1. The molecule has 29 heavy (non-hydrogen) atoms. The first-order valence-electron chi connectivity index (χ1n) is 10.3. The second kappa shape index (κ2) is 9.96. The number of carbonyl (C=O) groups is 1. The van der Waals surface area contributed by atoms with Crippen molar-refractivity contribution in [1.82, 2.24) is 19.7 Å². The average Bonchev–Trinajstić information content (AvgIpc) is 3.10. The molecule has 0 radical (unpaired) electrons. The van der Waals surface area contributed by atoms with E-state index in [-0.39, 0.29) is 5.56 Å². The Morgan fingerprint density at radius 1 is 1.07 bits per heavy atom. The van der Waals surface area contributed by atoms with Crippen molar-refractivity contribution in [2.24, 2.45) is 0 Å². The molecule has 0 bridgehead atoms. The van der Waals surface area contributed by atoms with Gasteiger partial charge in [-0.15, -0.1) is 0 Å². The molecule has 1 aromatic carbocycles. The number of rotatable bonds is 10. The van der Waals surface area contributed by atoms with Crippen LogP contribution < -0.4 is 0 Å². The largest absolute Gasteiger partial charge is 0.478 e. The normalized spacial score (nSPS) is 11.0. The van der Waals surface area contributed by atoms with Gasteiger partial charge in [-0.2, -0.15) is 5.10 Å². The van der Waals surface area contributed by atoms with Crippen LogP contribution in [0.15, 0.2) is 42.7 Å². The van der Waals surface area contributed by atoms with Crippen molar-refractivity contribution in [2.75, 3.05) is 0 Å². The summed E-state index contributed by atoms with van der Waals surface area (Å²) < 4.78 is 2.05. The predicted molar refractivity (Wildman–Crippen MR) is 113 cm³/mol. The summed E-state index contributed by atoms with van der Waals surface area (Å²) in [7, 11) is 0. The molecule has 0 spiro atoms. The van der Waals surface area contributed by atoms with Crippen molar-refractivity contribution in [2.45, 2.75) is 58.9 Å². The van der Waals surface area contributed by atoms with Gasteiger partial charge in [0.25, 0.3) is 0 Å². The van der Waals surface area contributed by atoms with Gasteiger partial charge < -0.3 is 5.11 Å². The zero-order chi connectivity index (χ0) is 20.6. The molecule has 0 atom stereocenters. The summed E-state index contributed by atoms with van der Waals surface area (Å²) in [5.74, 6) is 0.956. The third-order valence-corrected chi connectivity index (χ3v) is 4.92. The number of nitrogens with zero attached hydrogens (tertiary/aromatic N) is 4. The van der Waals surface area contributed by atoms with Crippen LogP contribution in [-0.4, -0.2) is 30.8 Å². The van der Waals surface area contributed by atoms with Crippen molar-refractivity contribution >= 4 is 5.97 Å². The fourth-order valence-corrected chi connectivity index (χ4v) is 3.37. The number of aromatic nitrogens is 4. The molecule has 6 heteroatoms. The second-order valence-corrected chi connectivity index (χ2v) is 7.22. The molecule has 3 aromatic rings. The third-order valence-electron chi connectivity index (χ3n) is 4.92. The summed E-state index contributed by atoms with van der Waals surface area (Å²) in [6, 6.07) is 9.48. The molecular formula is C23H28N4O2. The van der Waals surface area contributed by atoms with E-state index in [2.05, 4.69) is 23.5 Å². The maximum absolute atomic E-state index is 11.5. The highest BCUT2D eigenvalue weighted by molar-refractivity contribution is 5.95. The van der Waals surface area contributed by atoms with Crippen molar-refractivity contribution in [3.05, 3.63) is 65.5 Å². The number of unbranched alkanes of at least 4 members (excludes halogenated alkanes) is 2. The molecule has 0 aliphatic rings. The molecule has 0 aliphatic carbocycles. The van der Waals surface area contributed by atoms with Crippen LogP contribution >= 0.6 is 0 Å². The highest BCUT2D eigenvalue weighted by atomic mass is 16.4. The van der Waals surface area contributed by atoms with Crippen LogP contribution in [-0.2, 0) is 19.4 Å². The van der Waals surface area contributed by atoms with Crippen molar-refractivity contribution in [3.8, 4) is 11.1 Å². The predicted octanol–water partition coefficient (Wildman–Crippen LogP) is 4.77. The minimum atomic E-state index is -0.949. The number of carboxylic acids is 1. The zero-order valence-electron chi connectivity index (χ0n) is 17.1. The number of hydrogen-bond acceptors (Lipinski definition) is 4. The van der Waals surface area contributed by atoms with Gasteiger partial charge >= 0.3 is 5.97 Å². The quantitative estimate of drug-likeness (QED) is 0.503. The lowest BCUT2D eigenvalue weighted by molar-refractivity contribution is 0.0697. The maximum Gasteiger partial charge on any atom is 0.336 e. The number of carboxylic acid groups (broad SMARTS) is 1. The number of pyridine rings is 1. The molecule has 6 nitrogen and oxygen atoms in total. The van der Waals surface area contributed by atoms with E-state index in [0.29, 0.717) is 12.0 Å². The number of benzene rings is 1. The van der Waals surface area contributed by atoms with Crippen molar-refractivity contribution in [1.29, 1.82) is 0 Å². The molecule has 0 aliphatic heterocycles. The summed E-state index contributed by atoms with van der Waals surface area (Å²) in [5, 5.41) is 14.1. The first-order valence-corrected chi connectivity index (χ1v) is 10.3. The first kappa shape index (κ1) is 20.7. The van der Waals surface area contributed by atoms with E-state index >= 15 is 0 Å². The van der Waals surface area contributed by atoms with Crippen LogP contribution in [0.5, 0.6) is 0 Å². The summed E-state index contributed by atoms with van der Waals surface area (Å²) in [6.07, 6.45) is 9.21. The molecule has 0 unspecified atom stereocenters. The van der Waals surface area contributed by atoms with Gasteiger partial charge in [0.2, 0.25) is 0 Å². The Bertz CT molecular complexity index is 948. The van der Waals surface area contributed by atoms with E-state index in [1.165, 1.54) is 25.1 Å². The van der Waals surface area contributed by atoms with Crippen LogP contribution in [0.25, 0.3) is 11.1 Å². The first-order chi connectivity index (χ1) is 14.1. The number of aromatic carboxylic acids is 1. The number of aryl methyl sites for hydroxylation is 2. The second-order valence-electron chi connectivity index (χ2n) is 7.22. The molecule has 0 amide bonds. The molecule has 2 heterocycles. The van der Waals surface area contributed by atoms with E-state index in [1.807, 2.05) is 24.3 Å². The Kier molecular flexibility index (Phi) is 7.11. The highest BCUT2D eigenvalue weighted by Crippen LogP contribution is 2.24. The minimum absolute atomic E-state index is 0.257. The lowest BCUT2D eigenvalue weighted by atomic mass is 10.00. The zero-order valence-corrected chi connectivity index (χ0v) is 17.1. The molecule has 152 valence electrons. The SMILES string of the molecule is CCCCCn1nc(CCC)nc1Cc1ccc(-c2cnccc2C(=O)O)cc1. The Morgan fingerprint density at radius 2 is 1.86 bits per heavy atom. The van der Waals surface area contributed by atoms with E-state index < -0.39 is 5.97 Å². The van der Waals surface area contributed by atoms with Crippen LogP contribution in [0.3, 0.4) is 0 Å². The Labute approximate surface area is 171 Å². The molecule has 3 rings (SSSR count). The van der Waals surface area contributed by atoms with Gasteiger partial charge in [-0.05, 0) is 30.0 Å². The van der Waals surface area contributed by atoms with Gasteiger partial charge in [0, 0.05) is 37.3 Å². The standard InChI is InChI=1S/C23H28N4O2/c1-3-5-6-14-27-22(25-21(26-27)7-4-2)15-17-8-10-18(11-9-17)20-16-24-13-12-19(20)23(28)29/h8-13,16H,3-7,14-15H2,1-2H3,(H,28,29). The monoisotopic (exact) mass is 392 g/mol. The molecular weight excluding hydrogens is 364 g/mol. The van der Waals surface area contributed by atoms with Gasteiger partial charge in [-0.25, -0.2) is 14.5 Å².